The summed E-state index contributed by atoms with van der Waals surface area (Å²) < 4.78 is 5.72. The first-order valence-corrected chi connectivity index (χ1v) is 10.7. The van der Waals surface area contributed by atoms with Gasteiger partial charge in [0.1, 0.15) is 0 Å². The number of carbonyl (C=O) groups excluding carboxylic acids is 1. The van der Waals surface area contributed by atoms with Crippen LogP contribution in [0.15, 0.2) is 69.8 Å². The molecule has 0 radical (unpaired) electrons. The van der Waals surface area contributed by atoms with Gasteiger partial charge < -0.3 is 9.32 Å². The molecule has 0 aliphatic carbocycles. The molecule has 0 N–H and O–H groups in total. The molecule has 1 amide bonds. The lowest BCUT2D eigenvalue weighted by Gasteiger charge is -2.21. The molecule has 4 aromatic rings. The number of nitrogens with zero attached hydrogens (tertiary/aromatic N) is 3. The number of thiophene rings is 2. The van der Waals surface area contributed by atoms with Crippen molar-refractivity contribution in [2.24, 2.45) is 0 Å². The van der Waals surface area contributed by atoms with Gasteiger partial charge >= 0.3 is 0 Å². The molecule has 3 heterocycles. The van der Waals surface area contributed by atoms with E-state index in [2.05, 4.69) is 22.3 Å². The van der Waals surface area contributed by atoms with Gasteiger partial charge in [0.25, 0.3) is 0 Å². The maximum atomic E-state index is 12.9. The predicted molar refractivity (Wildman–Crippen MR) is 111 cm³/mol. The van der Waals surface area contributed by atoms with Crippen LogP contribution in [0.3, 0.4) is 0 Å². The van der Waals surface area contributed by atoms with Crippen LogP contribution in [0.1, 0.15) is 22.1 Å². The summed E-state index contributed by atoms with van der Waals surface area (Å²) in [5.74, 6) is 1.05. The van der Waals surface area contributed by atoms with Crippen molar-refractivity contribution in [1.82, 2.24) is 15.1 Å². The highest BCUT2D eigenvalue weighted by molar-refractivity contribution is 7.10. The van der Waals surface area contributed by atoms with Gasteiger partial charge in [-0.3, -0.25) is 4.79 Å². The Bertz CT molecular complexity index is 959. The number of benzene rings is 1. The molecule has 0 fully saturated rings. The Balaban J connectivity index is 1.40. The fourth-order valence-corrected chi connectivity index (χ4v) is 4.28. The summed E-state index contributed by atoms with van der Waals surface area (Å²) in [6.07, 6.45) is 0.775. The van der Waals surface area contributed by atoms with Crippen LogP contribution in [-0.2, 0) is 24.3 Å². The molecule has 4 rings (SSSR count). The second-order valence-electron chi connectivity index (χ2n) is 6.28. The number of amides is 1. The molecule has 5 nitrogen and oxygen atoms in total. The minimum Gasteiger partial charge on any atom is -0.421 e. The van der Waals surface area contributed by atoms with Gasteiger partial charge in [0.05, 0.1) is 13.1 Å². The van der Waals surface area contributed by atoms with Crippen molar-refractivity contribution in [1.29, 1.82) is 0 Å². The highest BCUT2D eigenvalue weighted by Crippen LogP contribution is 2.20. The SMILES string of the molecule is O=C(CCc1nnc(-c2ccccc2)o1)N(Cc1cccs1)Cc1cccs1. The summed E-state index contributed by atoms with van der Waals surface area (Å²) in [6, 6.07) is 17.8. The summed E-state index contributed by atoms with van der Waals surface area (Å²) >= 11 is 3.33. The Kier molecular flexibility index (Phi) is 5.94. The lowest BCUT2D eigenvalue weighted by Crippen LogP contribution is -2.29. The molecule has 3 aromatic heterocycles. The third-order valence-electron chi connectivity index (χ3n) is 4.25. The van der Waals surface area contributed by atoms with Crippen molar-refractivity contribution in [2.45, 2.75) is 25.9 Å². The Hall–Kier alpha value is -2.77. The standard InChI is InChI=1S/C21H19N3O2S2/c25-20(11-10-19-22-23-21(26-19)16-6-2-1-3-7-16)24(14-17-8-4-12-27-17)15-18-9-5-13-28-18/h1-9,12-13H,10-11,14-15H2. The third kappa shape index (κ3) is 4.74. The molecule has 7 heteroatoms. The van der Waals surface area contributed by atoms with Crippen LogP contribution in [-0.4, -0.2) is 21.0 Å². The largest absolute Gasteiger partial charge is 0.421 e. The van der Waals surface area contributed by atoms with E-state index in [1.54, 1.807) is 22.7 Å². The van der Waals surface area contributed by atoms with Gasteiger partial charge in [-0.25, -0.2) is 0 Å². The van der Waals surface area contributed by atoms with Gasteiger partial charge in [0, 0.05) is 28.2 Å². The van der Waals surface area contributed by atoms with E-state index in [1.807, 2.05) is 58.1 Å². The van der Waals surface area contributed by atoms with Crippen molar-refractivity contribution in [3.05, 3.63) is 81.0 Å². The quantitative estimate of drug-likeness (QED) is 0.410. The van der Waals surface area contributed by atoms with E-state index < -0.39 is 0 Å². The fraction of sp³-hybridized carbons (Fsp3) is 0.190. The minimum atomic E-state index is 0.0845. The third-order valence-corrected chi connectivity index (χ3v) is 5.97. The van der Waals surface area contributed by atoms with Crippen LogP contribution in [0, 0.1) is 0 Å². The molecule has 0 unspecified atom stereocenters. The van der Waals surface area contributed by atoms with Gasteiger partial charge in [-0.15, -0.1) is 32.9 Å². The van der Waals surface area contributed by atoms with E-state index in [0.717, 1.165) is 5.56 Å². The van der Waals surface area contributed by atoms with E-state index in [0.29, 0.717) is 37.7 Å². The lowest BCUT2D eigenvalue weighted by molar-refractivity contribution is -0.132. The van der Waals surface area contributed by atoms with E-state index >= 15 is 0 Å². The number of hydrogen-bond acceptors (Lipinski definition) is 6. The first-order valence-electron chi connectivity index (χ1n) is 8.98. The van der Waals surface area contributed by atoms with Crippen molar-refractivity contribution in [2.75, 3.05) is 0 Å². The topological polar surface area (TPSA) is 59.2 Å². The second-order valence-corrected chi connectivity index (χ2v) is 8.34. The van der Waals surface area contributed by atoms with Gasteiger partial charge in [0.2, 0.25) is 17.7 Å². The first-order chi connectivity index (χ1) is 13.8. The maximum Gasteiger partial charge on any atom is 0.247 e. The molecule has 142 valence electrons. The van der Waals surface area contributed by atoms with Crippen LogP contribution in [0.4, 0.5) is 0 Å². The van der Waals surface area contributed by atoms with Crippen LogP contribution < -0.4 is 0 Å². The number of carbonyl (C=O) groups is 1. The number of rotatable bonds is 8. The molecule has 0 aliphatic rings. The number of aryl methyl sites for hydroxylation is 1. The lowest BCUT2D eigenvalue weighted by atomic mass is 10.2. The number of aromatic nitrogens is 2. The van der Waals surface area contributed by atoms with Gasteiger partial charge in [-0.05, 0) is 35.0 Å². The minimum absolute atomic E-state index is 0.0845. The molecular formula is C21H19N3O2S2. The molecule has 0 atom stereocenters. The average molecular weight is 410 g/mol. The maximum absolute atomic E-state index is 12.9. The normalized spacial score (nSPS) is 10.9. The van der Waals surface area contributed by atoms with Crippen LogP contribution in [0.25, 0.3) is 11.5 Å². The van der Waals surface area contributed by atoms with Gasteiger partial charge in [-0.2, -0.15) is 0 Å². The smallest absolute Gasteiger partial charge is 0.247 e. The number of hydrogen-bond donors (Lipinski definition) is 0. The Morgan fingerprint density at radius 1 is 0.893 bits per heavy atom. The second kappa shape index (κ2) is 8.95. The summed E-state index contributed by atoms with van der Waals surface area (Å²) in [6.45, 7) is 1.24. The zero-order chi connectivity index (χ0) is 19.2. The summed E-state index contributed by atoms with van der Waals surface area (Å²) in [5.41, 5.74) is 0.879. The predicted octanol–water partition coefficient (Wildman–Crippen LogP) is 5.02. The Morgan fingerprint density at radius 2 is 1.57 bits per heavy atom. The fourth-order valence-electron chi connectivity index (χ4n) is 2.84. The van der Waals surface area contributed by atoms with Crippen molar-refractivity contribution in [3.8, 4) is 11.5 Å². The van der Waals surface area contributed by atoms with Crippen molar-refractivity contribution < 1.29 is 9.21 Å². The Labute approximate surface area is 171 Å². The van der Waals surface area contributed by atoms with Gasteiger partial charge in [0.15, 0.2) is 0 Å². The van der Waals surface area contributed by atoms with Crippen molar-refractivity contribution >= 4 is 28.6 Å². The molecule has 0 saturated carbocycles. The van der Waals surface area contributed by atoms with Crippen LogP contribution in [0.5, 0.6) is 0 Å². The highest BCUT2D eigenvalue weighted by atomic mass is 32.1. The molecular weight excluding hydrogens is 390 g/mol. The molecule has 28 heavy (non-hydrogen) atoms. The van der Waals surface area contributed by atoms with Gasteiger partial charge in [-0.1, -0.05) is 30.3 Å². The molecule has 0 spiro atoms. The van der Waals surface area contributed by atoms with E-state index in [-0.39, 0.29) is 5.91 Å². The molecule has 0 aliphatic heterocycles. The van der Waals surface area contributed by atoms with Crippen LogP contribution in [0.2, 0.25) is 0 Å². The average Bonchev–Trinajstić information content (AvgIpc) is 3.49. The van der Waals surface area contributed by atoms with E-state index in [4.69, 9.17) is 4.42 Å². The van der Waals surface area contributed by atoms with Crippen molar-refractivity contribution in [3.63, 3.8) is 0 Å². The zero-order valence-electron chi connectivity index (χ0n) is 15.2. The Morgan fingerprint density at radius 3 is 2.18 bits per heavy atom. The van der Waals surface area contributed by atoms with Crippen LogP contribution >= 0.6 is 22.7 Å². The van der Waals surface area contributed by atoms with E-state index in [1.165, 1.54) is 9.75 Å². The van der Waals surface area contributed by atoms with E-state index in [9.17, 15) is 4.79 Å². The molecule has 0 saturated heterocycles. The molecule has 0 bridgehead atoms. The molecule has 1 aromatic carbocycles. The zero-order valence-corrected chi connectivity index (χ0v) is 16.8. The summed E-state index contributed by atoms with van der Waals surface area (Å²) in [4.78, 5) is 17.1. The highest BCUT2D eigenvalue weighted by Gasteiger charge is 2.17. The summed E-state index contributed by atoms with van der Waals surface area (Å²) in [5, 5.41) is 12.3. The first kappa shape index (κ1) is 18.6. The monoisotopic (exact) mass is 409 g/mol. The summed E-state index contributed by atoms with van der Waals surface area (Å²) in [7, 11) is 0.